The van der Waals surface area contributed by atoms with Crippen molar-refractivity contribution in [3.05, 3.63) is 71.1 Å². The van der Waals surface area contributed by atoms with E-state index >= 15 is 0 Å². The quantitative estimate of drug-likeness (QED) is 0.602. The van der Waals surface area contributed by atoms with Crippen molar-refractivity contribution < 1.29 is 17.9 Å². The molecule has 6 nitrogen and oxygen atoms in total. The number of piperidine rings is 1. The minimum Gasteiger partial charge on any atom is -0.494 e. The minimum absolute atomic E-state index is 0.0868. The van der Waals surface area contributed by atoms with Crippen LogP contribution in [0, 0.1) is 5.92 Å². The Hall–Kier alpha value is -2.64. The van der Waals surface area contributed by atoms with Gasteiger partial charge in [0.2, 0.25) is 15.9 Å². The number of amides is 1. The van der Waals surface area contributed by atoms with Crippen LogP contribution in [0.2, 0.25) is 0 Å². The molecule has 0 spiro atoms. The molecule has 0 aliphatic carbocycles. The van der Waals surface area contributed by atoms with Crippen molar-refractivity contribution in [1.82, 2.24) is 9.21 Å². The smallest absolute Gasteiger partial charge is 0.236 e. The van der Waals surface area contributed by atoms with Crippen LogP contribution < -0.4 is 4.74 Å². The van der Waals surface area contributed by atoms with Crippen LogP contribution in [0.15, 0.2) is 60.0 Å². The number of hydrogen-bond acceptors (Lipinski definition) is 4. The third-order valence-electron chi connectivity index (χ3n) is 6.51. The Morgan fingerprint density at radius 3 is 2.36 bits per heavy atom. The first-order valence-electron chi connectivity index (χ1n) is 11.7. The van der Waals surface area contributed by atoms with Crippen molar-refractivity contribution in [2.75, 3.05) is 26.2 Å². The Bertz CT molecular complexity index is 1060. The molecule has 1 atom stereocenters. The summed E-state index contributed by atoms with van der Waals surface area (Å²) in [6, 6.07) is 17.5. The summed E-state index contributed by atoms with van der Waals surface area (Å²) in [5.74, 6) is 0.869. The van der Waals surface area contributed by atoms with Gasteiger partial charge in [0.05, 0.1) is 12.6 Å². The monoisotopic (exact) mass is 468 g/mol. The molecule has 0 bridgehead atoms. The number of carbonyl (C=O) groups is 1. The molecule has 2 saturated heterocycles. The number of ether oxygens (including phenoxy) is 1. The van der Waals surface area contributed by atoms with Crippen molar-refractivity contribution in [2.45, 2.75) is 38.6 Å². The van der Waals surface area contributed by atoms with E-state index in [9.17, 15) is 13.2 Å². The molecule has 0 N–H and O–H groups in total. The number of likely N-dealkylation sites (tertiary alicyclic amines) is 1. The lowest BCUT2D eigenvalue weighted by atomic mass is 9.95. The third kappa shape index (κ3) is 5.65. The molecule has 7 heteroatoms. The van der Waals surface area contributed by atoms with Gasteiger partial charge in [0.1, 0.15) is 5.75 Å². The molecule has 2 aromatic carbocycles. The fourth-order valence-corrected chi connectivity index (χ4v) is 5.96. The van der Waals surface area contributed by atoms with Crippen LogP contribution in [0.1, 0.15) is 49.8 Å². The van der Waals surface area contributed by atoms with Crippen molar-refractivity contribution in [1.29, 1.82) is 0 Å². The molecule has 1 unspecified atom stereocenters. The van der Waals surface area contributed by atoms with Crippen LogP contribution in [-0.4, -0.2) is 49.8 Å². The Morgan fingerprint density at radius 1 is 1.00 bits per heavy atom. The van der Waals surface area contributed by atoms with E-state index in [2.05, 4.69) is 12.1 Å². The van der Waals surface area contributed by atoms with Gasteiger partial charge in [0, 0.05) is 31.0 Å². The Morgan fingerprint density at radius 2 is 1.70 bits per heavy atom. The van der Waals surface area contributed by atoms with E-state index in [4.69, 9.17) is 4.74 Å². The molecule has 2 aliphatic heterocycles. The Labute approximate surface area is 196 Å². The van der Waals surface area contributed by atoms with E-state index in [1.165, 1.54) is 9.71 Å². The Balaban J connectivity index is 1.36. The molecular weight excluding hydrogens is 436 g/mol. The first-order valence-corrected chi connectivity index (χ1v) is 13.2. The zero-order valence-corrected chi connectivity index (χ0v) is 19.9. The standard InChI is InChI=1S/C26H32N2O4S/c1-2-32-24-12-10-22(11-13-24)25-9-6-17-28(25)26(29)23-14-18-27(19-15-23)33(30,31)20-16-21-7-4-3-5-8-21/h3-5,7-8,10-13,16,20,23,25H,2,6,9,14-15,17-19H2,1H3/b20-16+. The van der Waals surface area contributed by atoms with Gasteiger partial charge in [-0.3, -0.25) is 4.79 Å². The lowest BCUT2D eigenvalue weighted by Gasteiger charge is -2.34. The van der Waals surface area contributed by atoms with Crippen LogP contribution in [0.3, 0.4) is 0 Å². The van der Waals surface area contributed by atoms with Gasteiger partial charge in [-0.05, 0) is 61.9 Å². The molecule has 2 aromatic rings. The highest BCUT2D eigenvalue weighted by Gasteiger charge is 2.36. The van der Waals surface area contributed by atoms with Gasteiger partial charge < -0.3 is 9.64 Å². The molecule has 33 heavy (non-hydrogen) atoms. The SMILES string of the molecule is CCOc1ccc(C2CCCN2C(=O)C2CCN(S(=O)(=O)/C=C/c3ccccc3)CC2)cc1. The first-order chi connectivity index (χ1) is 16.0. The molecule has 1 amide bonds. The number of sulfonamides is 1. The van der Waals surface area contributed by atoms with E-state index in [1.54, 1.807) is 6.08 Å². The summed E-state index contributed by atoms with van der Waals surface area (Å²) < 4.78 is 32.5. The molecule has 0 aromatic heterocycles. The minimum atomic E-state index is -3.50. The van der Waals surface area contributed by atoms with Crippen LogP contribution in [0.25, 0.3) is 6.08 Å². The van der Waals surface area contributed by atoms with E-state index < -0.39 is 10.0 Å². The second-order valence-corrected chi connectivity index (χ2v) is 10.4. The summed E-state index contributed by atoms with van der Waals surface area (Å²) in [6.45, 7) is 4.10. The fraction of sp³-hybridized carbons (Fsp3) is 0.423. The van der Waals surface area contributed by atoms with Gasteiger partial charge in [-0.15, -0.1) is 0 Å². The largest absolute Gasteiger partial charge is 0.494 e. The zero-order chi connectivity index (χ0) is 23.3. The summed E-state index contributed by atoms with van der Waals surface area (Å²) >= 11 is 0. The van der Waals surface area contributed by atoms with E-state index in [0.29, 0.717) is 32.5 Å². The molecular formula is C26H32N2O4S. The highest BCUT2D eigenvalue weighted by atomic mass is 32.2. The topological polar surface area (TPSA) is 66.9 Å². The van der Waals surface area contributed by atoms with E-state index in [-0.39, 0.29) is 17.9 Å². The summed E-state index contributed by atoms with van der Waals surface area (Å²) in [4.78, 5) is 15.3. The maximum atomic E-state index is 13.3. The average Bonchev–Trinajstić information content (AvgIpc) is 3.34. The van der Waals surface area contributed by atoms with Gasteiger partial charge in [-0.1, -0.05) is 42.5 Å². The molecule has 2 heterocycles. The van der Waals surface area contributed by atoms with Gasteiger partial charge in [0.25, 0.3) is 0 Å². The maximum absolute atomic E-state index is 13.3. The van der Waals surface area contributed by atoms with Crippen molar-refractivity contribution >= 4 is 22.0 Å². The highest BCUT2D eigenvalue weighted by Crippen LogP contribution is 2.35. The summed E-state index contributed by atoms with van der Waals surface area (Å²) in [6.07, 6.45) is 4.68. The number of hydrogen-bond donors (Lipinski definition) is 0. The van der Waals surface area contributed by atoms with Gasteiger partial charge in [-0.2, -0.15) is 4.31 Å². The summed E-state index contributed by atoms with van der Waals surface area (Å²) in [5, 5.41) is 1.27. The molecule has 0 radical (unpaired) electrons. The number of benzene rings is 2. The summed E-state index contributed by atoms with van der Waals surface area (Å²) in [5.41, 5.74) is 1.98. The predicted octanol–water partition coefficient (Wildman–Crippen LogP) is 4.46. The maximum Gasteiger partial charge on any atom is 0.236 e. The lowest BCUT2D eigenvalue weighted by molar-refractivity contribution is -0.137. The van der Waals surface area contributed by atoms with Gasteiger partial charge in [-0.25, -0.2) is 8.42 Å². The molecule has 2 fully saturated rings. The summed E-state index contributed by atoms with van der Waals surface area (Å²) in [7, 11) is -3.50. The number of nitrogens with zero attached hydrogens (tertiary/aromatic N) is 2. The predicted molar refractivity (Wildman–Crippen MR) is 130 cm³/mol. The van der Waals surface area contributed by atoms with E-state index in [1.807, 2.05) is 54.3 Å². The van der Waals surface area contributed by atoms with Crippen LogP contribution in [0.5, 0.6) is 5.75 Å². The van der Waals surface area contributed by atoms with Crippen molar-refractivity contribution in [3.63, 3.8) is 0 Å². The van der Waals surface area contributed by atoms with E-state index in [0.717, 1.165) is 36.3 Å². The number of rotatable bonds is 7. The number of carbonyl (C=O) groups excluding carboxylic acids is 1. The average molecular weight is 469 g/mol. The molecule has 4 rings (SSSR count). The van der Waals surface area contributed by atoms with Crippen molar-refractivity contribution in [2.24, 2.45) is 5.92 Å². The second-order valence-electron chi connectivity index (χ2n) is 8.62. The molecule has 0 saturated carbocycles. The van der Waals surface area contributed by atoms with Crippen LogP contribution >= 0.6 is 0 Å². The highest BCUT2D eigenvalue weighted by molar-refractivity contribution is 7.92. The van der Waals surface area contributed by atoms with Gasteiger partial charge >= 0.3 is 0 Å². The van der Waals surface area contributed by atoms with Gasteiger partial charge in [0.15, 0.2) is 0 Å². The second kappa shape index (κ2) is 10.5. The van der Waals surface area contributed by atoms with Crippen molar-refractivity contribution in [3.8, 4) is 5.75 Å². The molecule has 176 valence electrons. The van der Waals surface area contributed by atoms with Crippen LogP contribution in [0.4, 0.5) is 0 Å². The lowest BCUT2D eigenvalue weighted by Crippen LogP contribution is -2.43. The zero-order valence-electron chi connectivity index (χ0n) is 19.1. The molecule has 2 aliphatic rings. The normalized spacial score (nSPS) is 20.4. The van der Waals surface area contributed by atoms with Crippen LogP contribution in [-0.2, 0) is 14.8 Å². The third-order valence-corrected chi connectivity index (χ3v) is 8.07. The first kappa shape index (κ1) is 23.5. The Kier molecular flexibility index (Phi) is 7.50. The fourth-order valence-electron chi connectivity index (χ4n) is 4.74.